The molecule has 76 heteroatoms. The van der Waals surface area contributed by atoms with Crippen LogP contribution in [0.15, 0.2) is 0 Å². The Morgan fingerprint density at radius 2 is 0.279 bits per heavy atom. The third kappa shape index (κ3) is 67.2. The average molecular weight is 1960 g/mol. The molecule has 0 radical (unpaired) electrons. The maximum atomic E-state index is 12.3. The van der Waals surface area contributed by atoms with Crippen molar-refractivity contribution in [2.24, 2.45) is 11.8 Å². The summed E-state index contributed by atoms with van der Waals surface area (Å²) in [5.74, 6) is -2.08. The van der Waals surface area contributed by atoms with E-state index in [1.165, 1.54) is 6.92 Å². The number of thiol groups is 1. The van der Waals surface area contributed by atoms with Crippen LogP contribution in [0.4, 0.5) is 0 Å². The zero-order chi connectivity index (χ0) is 85.1. The van der Waals surface area contributed by atoms with E-state index in [2.05, 4.69) is 135 Å². The third-order valence-electron chi connectivity index (χ3n) is 10.4. The lowest BCUT2D eigenvalue weighted by Gasteiger charge is -2.20. The van der Waals surface area contributed by atoms with E-state index >= 15 is 0 Å². The van der Waals surface area contributed by atoms with E-state index in [9.17, 15) is 137 Å². The molecule has 60 nitrogen and oxygen atoms in total. The average Bonchev–Trinajstić information content (AvgIpc) is 0.910. The predicted octanol–water partition coefficient (Wildman–Crippen LogP) is 3.91. The Labute approximate surface area is 635 Å². The molecule has 0 spiro atoms. The van der Waals surface area contributed by atoms with E-state index in [-0.39, 0.29) is 12.8 Å². The van der Waals surface area contributed by atoms with Crippen LogP contribution in [0.3, 0.4) is 0 Å². The maximum Gasteiger partial charge on any atom is 0.473 e. The van der Waals surface area contributed by atoms with E-state index < -0.39 is 320 Å². The van der Waals surface area contributed by atoms with Gasteiger partial charge in [0.15, 0.2) is 0 Å². The predicted molar refractivity (Wildman–Crippen MR) is 359 cm³/mol. The van der Waals surface area contributed by atoms with Gasteiger partial charge in [-0.1, -0.05) is 13.8 Å². The van der Waals surface area contributed by atoms with Gasteiger partial charge in [0.1, 0.15) is 5.94 Å². The van der Waals surface area contributed by atoms with Gasteiger partial charge in [-0.05, 0) is 12.8 Å². The molecule has 0 rings (SSSR count). The van der Waals surface area contributed by atoms with Crippen molar-refractivity contribution < 1.29 is 278 Å². The Morgan fingerprint density at radius 1 is 0.180 bits per heavy atom. The zero-order valence-electron chi connectivity index (χ0n) is 57.3. The molecule has 0 aliphatic rings. The molecule has 16 N–H and O–H groups in total. The van der Waals surface area contributed by atoms with E-state index in [4.69, 9.17) is 18.8 Å². The SMILES string of the molecule is CCC(COP(=O)(O)O)COP(=O)(O)OCCOP(=O)(O)OCCOP(=O)(O)OCCOP(=O)(O)OCCOP(=O)(O)OCCOP(=O)(O)OCCOP(=O)(O)OCCOP(=O)(O)OCCOP(=O)(O)OCCOP(=O)(O)OCCOP(=O)(O)OCC(CC)COP(=O)(O)OCCOP(=O)(O)OCCOP(=O)(O)OCS. The van der Waals surface area contributed by atoms with Gasteiger partial charge in [-0.25, -0.2) is 68.5 Å². The van der Waals surface area contributed by atoms with Crippen molar-refractivity contribution in [3.05, 3.63) is 0 Å². The molecule has 0 saturated carbocycles. The van der Waals surface area contributed by atoms with Crippen LogP contribution >= 0.6 is 130 Å². The first kappa shape index (κ1) is 113. The molecule has 16 unspecified atom stereocenters. The Morgan fingerprint density at radius 3 is 0.378 bits per heavy atom. The minimum absolute atomic E-state index is 0.105. The lowest BCUT2D eigenvalue weighted by atomic mass is 10.1. The van der Waals surface area contributed by atoms with Crippen LogP contribution in [-0.4, -0.2) is 269 Å². The highest BCUT2D eigenvalue weighted by molar-refractivity contribution is 7.80. The maximum absolute atomic E-state index is 12.3. The molecule has 0 heterocycles. The molecule has 0 bridgehead atoms. The van der Waals surface area contributed by atoms with E-state index in [1.807, 2.05) is 0 Å². The summed E-state index contributed by atoms with van der Waals surface area (Å²) in [5, 5.41) is 0. The van der Waals surface area contributed by atoms with Gasteiger partial charge in [0.2, 0.25) is 0 Å². The minimum atomic E-state index is -5.05. The van der Waals surface area contributed by atoms with Gasteiger partial charge in [0, 0.05) is 11.8 Å². The number of hydrogen-bond donors (Lipinski definition) is 17. The second-order valence-electron chi connectivity index (χ2n) is 19.0. The Bertz CT molecular complexity index is 3420. The van der Waals surface area contributed by atoms with Gasteiger partial charge in [-0.3, -0.25) is 131 Å². The van der Waals surface area contributed by atoms with Crippen molar-refractivity contribution in [1.82, 2.24) is 0 Å². The second kappa shape index (κ2) is 55.3. The van der Waals surface area contributed by atoms with E-state index in [1.54, 1.807) is 6.92 Å². The van der Waals surface area contributed by atoms with Gasteiger partial charge in [0.25, 0.3) is 0 Å². The third-order valence-corrected chi connectivity index (χ3v) is 25.3. The molecule has 16 atom stereocenters. The van der Waals surface area contributed by atoms with E-state index in [0.717, 1.165) is 0 Å². The normalized spacial score (nSPS) is 20.8. The molecule has 0 aliphatic heterocycles. The van der Waals surface area contributed by atoms with Crippen molar-refractivity contribution >= 4 is 130 Å². The highest BCUT2D eigenvalue weighted by atomic mass is 32.1. The molecule has 0 saturated heterocycles. The van der Waals surface area contributed by atoms with Gasteiger partial charge in [-0.2, -0.15) is 12.6 Å². The summed E-state index contributed by atoms with van der Waals surface area (Å²) >= 11 is 3.56. The first-order chi connectivity index (χ1) is 50.8. The van der Waals surface area contributed by atoms with Crippen molar-refractivity contribution in [2.75, 3.05) is 191 Å². The first-order valence-corrected chi connectivity index (χ1v) is 52.9. The molecule has 0 aromatic rings. The van der Waals surface area contributed by atoms with Crippen LogP contribution in [0.5, 0.6) is 0 Å². The fourth-order valence-corrected chi connectivity index (χ4v) is 16.2. The standard InChI is InChI=1S/C35H87O60P15S/c1-3-34(29-91-96(36,37)38)30-92-107(59,60)87-25-21-83-104(53,54)81-19-17-79-102(49,50)77-15-13-75-100(45,46)73-11-9-71-98(41,42)69-7-5-67-97(39,40)68-6-8-70-99(43,44)72-10-12-74-101(47,48)76-14-16-78-103(51,52)80-18-20-82-105(55,56)84-22-26-88-108(61,62)93-31-35(4-2)32-94-109(63,64)89-27-23-85-106(57,58)86-24-28-90-110(65,66)95-33-111/h34-35,111H,3-33H2,1-2H3,(H,39,40)(H,41,42)(H,43,44)(H,45,46)(H,47,48)(H,49,50)(H,51,52)(H,53,54)(H,55,56)(H,57,58)(H,59,60)(H,61,62)(H,63,64)(H,65,66)(H2,36,37,38). The van der Waals surface area contributed by atoms with Crippen LogP contribution in [0, 0.1) is 11.8 Å². The number of hydrogen-bond acceptors (Lipinski definition) is 45. The number of rotatable bonds is 76. The lowest BCUT2D eigenvalue weighted by Crippen LogP contribution is -2.16. The fourth-order valence-electron chi connectivity index (χ4n) is 5.63. The Kier molecular flexibility index (Phi) is 56.3. The van der Waals surface area contributed by atoms with Crippen LogP contribution in [0.25, 0.3) is 0 Å². The first-order valence-electron chi connectivity index (χ1n) is 29.8. The van der Waals surface area contributed by atoms with Crippen molar-refractivity contribution in [3.8, 4) is 0 Å². The Balaban J connectivity index is 4.35. The summed E-state index contributed by atoms with van der Waals surface area (Å²) < 4.78 is 310. The lowest BCUT2D eigenvalue weighted by molar-refractivity contribution is 0.0681. The fraction of sp³-hybridized carbons (Fsp3) is 1.00. The molecule has 111 heavy (non-hydrogen) atoms. The minimum Gasteiger partial charge on any atom is -0.303 e. The molecule has 0 aromatic heterocycles. The van der Waals surface area contributed by atoms with Crippen molar-refractivity contribution in [3.63, 3.8) is 0 Å². The van der Waals surface area contributed by atoms with Crippen LogP contribution in [-0.2, 0) is 200 Å². The molecule has 0 amide bonds. The van der Waals surface area contributed by atoms with Crippen LogP contribution < -0.4 is 0 Å². The van der Waals surface area contributed by atoms with Gasteiger partial charge in [-0.15, -0.1) is 0 Å². The van der Waals surface area contributed by atoms with Gasteiger partial charge >= 0.3 is 117 Å². The highest BCUT2D eigenvalue weighted by Crippen LogP contribution is 2.54. The van der Waals surface area contributed by atoms with Gasteiger partial charge in [0.05, 0.1) is 185 Å². The number of phosphoric acid groups is 15. The zero-order valence-corrected chi connectivity index (χ0v) is 71.7. The van der Waals surface area contributed by atoms with Crippen LogP contribution in [0.2, 0.25) is 0 Å². The van der Waals surface area contributed by atoms with Crippen molar-refractivity contribution in [2.45, 2.75) is 26.7 Å². The van der Waals surface area contributed by atoms with Crippen molar-refractivity contribution in [1.29, 1.82) is 0 Å². The summed E-state index contributed by atoms with van der Waals surface area (Å²) in [6.45, 7) is -20.9. The topological polar surface area (TPSA) is 847 Å². The summed E-state index contributed by atoms with van der Waals surface area (Å²) in [4.78, 5) is 154. The molecule has 0 aliphatic carbocycles. The second-order valence-corrected chi connectivity index (χ2v) is 40.9. The molecular weight excluding hydrogens is 1880 g/mol. The monoisotopic (exact) mass is 1960 g/mol. The molecule has 668 valence electrons. The molecular formula is C35H87O60P15S. The highest BCUT2D eigenvalue weighted by Gasteiger charge is 2.35. The smallest absolute Gasteiger partial charge is 0.303 e. The van der Waals surface area contributed by atoms with E-state index in [0.29, 0.717) is 0 Å². The Hall–Kier alpha value is 2.00. The summed E-state index contributed by atoms with van der Waals surface area (Å²) in [7, 11) is -73.8. The molecule has 0 fully saturated rings. The largest absolute Gasteiger partial charge is 0.473 e. The molecule has 0 aromatic carbocycles. The quantitative estimate of drug-likeness (QED) is 0.0178. The summed E-state index contributed by atoms with van der Waals surface area (Å²) in [6, 6.07) is 0. The summed E-state index contributed by atoms with van der Waals surface area (Å²) in [6.07, 6.45) is 0.311. The van der Waals surface area contributed by atoms with Crippen LogP contribution in [0.1, 0.15) is 26.7 Å². The summed E-state index contributed by atoms with van der Waals surface area (Å²) in [5.41, 5.74) is 0. The van der Waals surface area contributed by atoms with Gasteiger partial charge < -0.3 is 78.3 Å². The number of phosphoric ester groups is 15.